The second-order valence-corrected chi connectivity index (χ2v) is 4.83. The van der Waals surface area contributed by atoms with Crippen LogP contribution in [0.4, 0.5) is 0 Å². The number of nitrogens with zero attached hydrogens (tertiary/aromatic N) is 1. The van der Waals surface area contributed by atoms with Crippen LogP contribution in [0.3, 0.4) is 0 Å². The molecule has 82 valence electrons. The molecule has 1 aromatic heterocycles. The van der Waals surface area contributed by atoms with Crippen molar-refractivity contribution in [2.24, 2.45) is 5.73 Å². The molecule has 0 aliphatic rings. The molecule has 0 radical (unpaired) electrons. The van der Waals surface area contributed by atoms with Gasteiger partial charge < -0.3 is 10.2 Å². The minimum atomic E-state index is 0.0412. The lowest BCUT2D eigenvalue weighted by molar-refractivity contribution is 0.454. The molecule has 2 aromatic rings. The summed E-state index contributed by atoms with van der Waals surface area (Å²) in [5, 5.41) is 7.94. The number of hydrogen-bond donors (Lipinski definition) is 2. The lowest BCUT2D eigenvalue weighted by Gasteiger charge is -2.03. The average molecular weight is 298 g/mol. The SMILES string of the molecule is N=C(N)c1ccc(Sc2ncco2)cc1Br. The highest BCUT2D eigenvalue weighted by molar-refractivity contribution is 9.10. The molecular formula is C10H8BrN3OS. The van der Waals surface area contributed by atoms with Gasteiger partial charge in [-0.1, -0.05) is 0 Å². The molecule has 0 aliphatic carbocycles. The Labute approximate surface area is 105 Å². The van der Waals surface area contributed by atoms with Crippen molar-refractivity contribution in [1.82, 2.24) is 4.98 Å². The molecule has 0 saturated carbocycles. The van der Waals surface area contributed by atoms with E-state index in [4.69, 9.17) is 15.6 Å². The first kappa shape index (κ1) is 11.2. The molecule has 6 heteroatoms. The van der Waals surface area contributed by atoms with Crippen molar-refractivity contribution in [2.75, 3.05) is 0 Å². The van der Waals surface area contributed by atoms with Crippen LogP contribution in [-0.4, -0.2) is 10.8 Å². The maximum absolute atomic E-state index is 7.35. The average Bonchev–Trinajstić information content (AvgIpc) is 2.70. The van der Waals surface area contributed by atoms with Crippen LogP contribution >= 0.6 is 27.7 Å². The monoisotopic (exact) mass is 297 g/mol. The molecule has 0 fully saturated rings. The number of halogens is 1. The van der Waals surface area contributed by atoms with Crippen molar-refractivity contribution in [1.29, 1.82) is 5.41 Å². The Kier molecular flexibility index (Phi) is 3.31. The van der Waals surface area contributed by atoms with Crippen molar-refractivity contribution in [3.8, 4) is 0 Å². The first-order valence-electron chi connectivity index (χ1n) is 4.38. The second-order valence-electron chi connectivity index (χ2n) is 2.96. The summed E-state index contributed by atoms with van der Waals surface area (Å²) in [6.45, 7) is 0. The van der Waals surface area contributed by atoms with Crippen LogP contribution < -0.4 is 5.73 Å². The fraction of sp³-hybridized carbons (Fsp3) is 0. The largest absolute Gasteiger partial charge is 0.440 e. The third-order valence-electron chi connectivity index (χ3n) is 1.85. The first-order chi connectivity index (χ1) is 7.66. The van der Waals surface area contributed by atoms with Gasteiger partial charge in [-0.15, -0.1) is 0 Å². The van der Waals surface area contributed by atoms with Crippen LogP contribution in [0.5, 0.6) is 0 Å². The van der Waals surface area contributed by atoms with E-state index in [0.29, 0.717) is 10.8 Å². The van der Waals surface area contributed by atoms with E-state index in [1.165, 1.54) is 18.0 Å². The zero-order valence-corrected chi connectivity index (χ0v) is 10.5. The van der Waals surface area contributed by atoms with Gasteiger partial charge >= 0.3 is 0 Å². The Bertz CT molecular complexity index is 513. The van der Waals surface area contributed by atoms with Gasteiger partial charge in [-0.2, -0.15) is 0 Å². The fourth-order valence-corrected chi connectivity index (χ4v) is 2.61. The minimum absolute atomic E-state index is 0.0412. The van der Waals surface area contributed by atoms with Gasteiger partial charge in [0.25, 0.3) is 5.22 Å². The van der Waals surface area contributed by atoms with E-state index in [2.05, 4.69) is 20.9 Å². The minimum Gasteiger partial charge on any atom is -0.440 e. The number of amidine groups is 1. The number of hydrogen-bond acceptors (Lipinski definition) is 4. The molecule has 3 N–H and O–H groups in total. The molecule has 0 spiro atoms. The van der Waals surface area contributed by atoms with E-state index in [-0.39, 0.29) is 5.84 Å². The molecule has 1 heterocycles. The molecule has 1 aromatic carbocycles. The van der Waals surface area contributed by atoms with E-state index in [1.807, 2.05) is 12.1 Å². The molecule has 2 rings (SSSR count). The van der Waals surface area contributed by atoms with Gasteiger partial charge in [0, 0.05) is 14.9 Å². The lowest BCUT2D eigenvalue weighted by Crippen LogP contribution is -2.11. The lowest BCUT2D eigenvalue weighted by atomic mass is 10.2. The van der Waals surface area contributed by atoms with Gasteiger partial charge in [0.2, 0.25) is 0 Å². The summed E-state index contributed by atoms with van der Waals surface area (Å²) in [6.07, 6.45) is 3.13. The Hall–Kier alpha value is -1.27. The molecule has 0 amide bonds. The van der Waals surface area contributed by atoms with E-state index in [0.717, 1.165) is 9.37 Å². The topological polar surface area (TPSA) is 75.9 Å². The summed E-state index contributed by atoms with van der Waals surface area (Å²) in [6, 6.07) is 5.54. The molecule has 4 nitrogen and oxygen atoms in total. The van der Waals surface area contributed by atoms with Crippen LogP contribution in [0.2, 0.25) is 0 Å². The van der Waals surface area contributed by atoms with Gasteiger partial charge in [0.05, 0.1) is 6.20 Å². The number of aromatic nitrogens is 1. The van der Waals surface area contributed by atoms with Crippen molar-refractivity contribution >= 4 is 33.5 Å². The first-order valence-corrected chi connectivity index (χ1v) is 5.99. The Morgan fingerprint density at radius 3 is 2.88 bits per heavy atom. The van der Waals surface area contributed by atoms with E-state index < -0.39 is 0 Å². The van der Waals surface area contributed by atoms with Gasteiger partial charge in [-0.05, 0) is 45.9 Å². The summed E-state index contributed by atoms with van der Waals surface area (Å²) in [5.41, 5.74) is 6.09. The number of nitrogens with one attached hydrogen (secondary N) is 1. The molecule has 0 saturated heterocycles. The molecule has 0 atom stereocenters. The van der Waals surface area contributed by atoms with Crippen molar-refractivity contribution < 1.29 is 4.42 Å². The smallest absolute Gasteiger partial charge is 0.260 e. The summed E-state index contributed by atoms with van der Waals surface area (Å²) >= 11 is 4.78. The molecule has 0 aliphatic heterocycles. The Morgan fingerprint density at radius 1 is 1.50 bits per heavy atom. The van der Waals surface area contributed by atoms with Crippen LogP contribution in [0, 0.1) is 5.41 Å². The zero-order chi connectivity index (χ0) is 11.5. The number of nitrogen functional groups attached to an aromatic ring is 1. The van der Waals surface area contributed by atoms with E-state index in [1.54, 1.807) is 12.3 Å². The molecule has 16 heavy (non-hydrogen) atoms. The maximum atomic E-state index is 7.35. The second kappa shape index (κ2) is 4.71. The summed E-state index contributed by atoms with van der Waals surface area (Å²) in [7, 11) is 0. The molecular weight excluding hydrogens is 290 g/mol. The summed E-state index contributed by atoms with van der Waals surface area (Å²) in [5.74, 6) is 0.0412. The highest BCUT2D eigenvalue weighted by Crippen LogP contribution is 2.29. The Morgan fingerprint density at radius 2 is 2.31 bits per heavy atom. The Balaban J connectivity index is 2.24. The summed E-state index contributed by atoms with van der Waals surface area (Å²) in [4.78, 5) is 4.98. The maximum Gasteiger partial charge on any atom is 0.260 e. The molecule has 0 unspecified atom stereocenters. The number of oxazole rings is 1. The number of benzene rings is 1. The highest BCUT2D eigenvalue weighted by atomic mass is 79.9. The normalized spacial score (nSPS) is 10.3. The van der Waals surface area contributed by atoms with Gasteiger partial charge in [0.15, 0.2) is 0 Å². The number of rotatable bonds is 3. The molecule has 0 bridgehead atoms. The summed E-state index contributed by atoms with van der Waals surface area (Å²) < 4.78 is 5.91. The van der Waals surface area contributed by atoms with Gasteiger partial charge in [0.1, 0.15) is 12.1 Å². The van der Waals surface area contributed by atoms with Crippen LogP contribution in [-0.2, 0) is 0 Å². The highest BCUT2D eigenvalue weighted by Gasteiger charge is 2.06. The van der Waals surface area contributed by atoms with Gasteiger partial charge in [-0.3, -0.25) is 5.41 Å². The predicted octanol–water partition coefficient (Wildman–Crippen LogP) is 2.87. The third kappa shape index (κ3) is 2.45. The van der Waals surface area contributed by atoms with E-state index in [9.17, 15) is 0 Å². The van der Waals surface area contributed by atoms with Crippen LogP contribution in [0.15, 0.2) is 49.7 Å². The van der Waals surface area contributed by atoms with E-state index >= 15 is 0 Å². The third-order valence-corrected chi connectivity index (χ3v) is 3.37. The van der Waals surface area contributed by atoms with Crippen molar-refractivity contribution in [2.45, 2.75) is 10.1 Å². The fourth-order valence-electron chi connectivity index (χ4n) is 1.14. The van der Waals surface area contributed by atoms with Gasteiger partial charge in [-0.25, -0.2) is 4.98 Å². The number of nitrogens with two attached hydrogens (primary N) is 1. The van der Waals surface area contributed by atoms with Crippen LogP contribution in [0.25, 0.3) is 0 Å². The van der Waals surface area contributed by atoms with Crippen molar-refractivity contribution in [3.05, 3.63) is 40.7 Å². The van der Waals surface area contributed by atoms with Crippen LogP contribution in [0.1, 0.15) is 5.56 Å². The zero-order valence-electron chi connectivity index (χ0n) is 8.11. The predicted molar refractivity (Wildman–Crippen MR) is 65.8 cm³/mol. The standard InChI is InChI=1S/C10H8BrN3OS/c11-8-5-6(1-2-7(8)9(12)13)16-10-14-3-4-15-10/h1-5H,(H3,12,13). The quantitative estimate of drug-likeness (QED) is 0.675. The van der Waals surface area contributed by atoms with Crippen molar-refractivity contribution in [3.63, 3.8) is 0 Å².